The summed E-state index contributed by atoms with van der Waals surface area (Å²) in [6.07, 6.45) is 1.99. The molecule has 2 aromatic carbocycles. The molecule has 0 saturated carbocycles. The first-order chi connectivity index (χ1) is 12.7. The van der Waals surface area contributed by atoms with Gasteiger partial charge in [0.25, 0.3) is 5.91 Å². The molecule has 1 amide bonds. The van der Waals surface area contributed by atoms with Crippen molar-refractivity contribution < 1.29 is 19.4 Å². The highest BCUT2D eigenvalue weighted by Crippen LogP contribution is 2.19. The van der Waals surface area contributed by atoms with Crippen molar-refractivity contribution in [3.8, 4) is 5.75 Å². The number of rotatable bonds is 7. The van der Waals surface area contributed by atoms with Crippen LogP contribution in [0.3, 0.4) is 0 Å². The summed E-state index contributed by atoms with van der Waals surface area (Å²) < 4.78 is 11.7. The third-order valence-corrected chi connectivity index (χ3v) is 4.55. The molecule has 2 atom stereocenters. The molecule has 1 aliphatic heterocycles. The third-order valence-electron chi connectivity index (χ3n) is 4.55. The number of ether oxygens (including phenoxy) is 2. The summed E-state index contributed by atoms with van der Waals surface area (Å²) in [6, 6.07) is 16.4. The van der Waals surface area contributed by atoms with Crippen molar-refractivity contribution in [2.24, 2.45) is 5.92 Å². The zero-order chi connectivity index (χ0) is 18.2. The zero-order valence-corrected chi connectivity index (χ0v) is 14.8. The maximum atomic E-state index is 12.1. The average Bonchev–Trinajstić information content (AvgIpc) is 2.68. The third kappa shape index (κ3) is 5.58. The van der Waals surface area contributed by atoms with Crippen molar-refractivity contribution in [2.45, 2.75) is 25.6 Å². The lowest BCUT2D eigenvalue weighted by Gasteiger charge is -2.29. The fraction of sp³-hybridized carbons (Fsp3) is 0.381. The van der Waals surface area contributed by atoms with Gasteiger partial charge in [0.1, 0.15) is 5.75 Å². The van der Waals surface area contributed by atoms with Crippen molar-refractivity contribution >= 4 is 5.91 Å². The quantitative estimate of drug-likeness (QED) is 0.801. The fourth-order valence-corrected chi connectivity index (χ4v) is 2.99. The summed E-state index contributed by atoms with van der Waals surface area (Å²) in [6.45, 7) is 2.48. The monoisotopic (exact) mass is 355 g/mol. The molecule has 0 aromatic heterocycles. The van der Waals surface area contributed by atoms with Crippen LogP contribution < -0.4 is 5.32 Å². The van der Waals surface area contributed by atoms with E-state index in [1.165, 1.54) is 17.7 Å². The van der Waals surface area contributed by atoms with Gasteiger partial charge in [-0.2, -0.15) is 0 Å². The van der Waals surface area contributed by atoms with Crippen molar-refractivity contribution in [3.63, 3.8) is 0 Å². The van der Waals surface area contributed by atoms with Gasteiger partial charge < -0.3 is 19.9 Å². The van der Waals surface area contributed by atoms with Gasteiger partial charge in [0.15, 0.2) is 0 Å². The highest BCUT2D eigenvalue weighted by molar-refractivity contribution is 5.94. The molecule has 1 fully saturated rings. The Morgan fingerprint density at radius 2 is 1.88 bits per heavy atom. The Morgan fingerprint density at radius 3 is 2.58 bits per heavy atom. The molecule has 0 bridgehead atoms. The normalized spacial score (nSPS) is 19.8. The van der Waals surface area contributed by atoms with Crippen molar-refractivity contribution in [3.05, 3.63) is 65.7 Å². The van der Waals surface area contributed by atoms with Crippen LogP contribution in [-0.4, -0.2) is 36.9 Å². The molecule has 1 heterocycles. The van der Waals surface area contributed by atoms with E-state index in [1.54, 1.807) is 12.1 Å². The molecule has 1 saturated heterocycles. The molecule has 26 heavy (non-hydrogen) atoms. The second-order valence-corrected chi connectivity index (χ2v) is 6.66. The van der Waals surface area contributed by atoms with Crippen LogP contribution in [0.5, 0.6) is 5.75 Å². The number of phenols is 1. The first-order valence-electron chi connectivity index (χ1n) is 9.01. The molecular formula is C21H25NO4. The minimum absolute atomic E-state index is 0.0430. The number of carbonyl (C=O) groups excluding carboxylic acids is 1. The number of nitrogens with one attached hydrogen (secondary N) is 1. The molecule has 138 valence electrons. The molecule has 2 N–H and O–H groups in total. The van der Waals surface area contributed by atoms with E-state index in [0.717, 1.165) is 12.8 Å². The van der Waals surface area contributed by atoms with Crippen LogP contribution in [0.2, 0.25) is 0 Å². The minimum atomic E-state index is -0.151. The zero-order valence-electron chi connectivity index (χ0n) is 14.8. The van der Waals surface area contributed by atoms with Gasteiger partial charge in [0, 0.05) is 18.0 Å². The van der Waals surface area contributed by atoms with Crippen molar-refractivity contribution in [2.75, 3.05) is 19.8 Å². The lowest BCUT2D eigenvalue weighted by Crippen LogP contribution is -2.38. The first kappa shape index (κ1) is 18.4. The Balaban J connectivity index is 1.32. The fourth-order valence-electron chi connectivity index (χ4n) is 2.99. The number of amides is 1. The number of phenolic OH excluding ortho intramolecular Hbond substituents is 1. The van der Waals surface area contributed by atoms with E-state index in [9.17, 15) is 9.90 Å². The summed E-state index contributed by atoms with van der Waals surface area (Å²) >= 11 is 0. The molecule has 0 radical (unpaired) electrons. The summed E-state index contributed by atoms with van der Waals surface area (Å²) in [7, 11) is 0. The molecular weight excluding hydrogens is 330 g/mol. The Kier molecular flexibility index (Phi) is 6.63. The van der Waals surface area contributed by atoms with E-state index in [-0.39, 0.29) is 17.8 Å². The van der Waals surface area contributed by atoms with Crippen LogP contribution in [0, 0.1) is 5.92 Å². The Labute approximate surface area is 153 Å². The van der Waals surface area contributed by atoms with Gasteiger partial charge in [-0.05, 0) is 42.7 Å². The molecule has 1 aliphatic rings. The standard InChI is InChI=1S/C21H25NO4/c23-19-9-7-18(8-10-19)21(24)22-12-20-11-6-17(15-26-20)14-25-13-16-4-2-1-3-5-16/h1-5,7-10,17,20,23H,6,11-15H2,(H,22,24)/t17-,20+/m1/s1. The van der Waals surface area contributed by atoms with Gasteiger partial charge >= 0.3 is 0 Å². The lowest BCUT2D eigenvalue weighted by molar-refractivity contribution is -0.0427. The molecule has 5 heteroatoms. The lowest BCUT2D eigenvalue weighted by atomic mass is 9.99. The van der Waals surface area contributed by atoms with E-state index >= 15 is 0 Å². The highest BCUT2D eigenvalue weighted by atomic mass is 16.5. The Hall–Kier alpha value is -2.37. The predicted octanol–water partition coefficient (Wildman–Crippen LogP) is 3.13. The maximum absolute atomic E-state index is 12.1. The van der Waals surface area contributed by atoms with E-state index in [2.05, 4.69) is 17.4 Å². The topological polar surface area (TPSA) is 67.8 Å². The molecule has 2 aromatic rings. The number of aromatic hydroxyl groups is 1. The average molecular weight is 355 g/mol. The van der Waals surface area contributed by atoms with Gasteiger partial charge in [-0.3, -0.25) is 4.79 Å². The summed E-state index contributed by atoms with van der Waals surface area (Å²) in [4.78, 5) is 12.1. The summed E-state index contributed by atoms with van der Waals surface area (Å²) in [5.41, 5.74) is 1.71. The number of benzene rings is 2. The predicted molar refractivity (Wildman–Crippen MR) is 99.0 cm³/mol. The largest absolute Gasteiger partial charge is 0.508 e. The van der Waals surface area contributed by atoms with Crippen LogP contribution in [0.4, 0.5) is 0 Å². The van der Waals surface area contributed by atoms with Gasteiger partial charge in [0.2, 0.25) is 0 Å². The van der Waals surface area contributed by atoms with E-state index < -0.39 is 0 Å². The van der Waals surface area contributed by atoms with E-state index in [4.69, 9.17) is 9.47 Å². The van der Waals surface area contributed by atoms with Crippen molar-refractivity contribution in [1.29, 1.82) is 0 Å². The summed E-state index contributed by atoms with van der Waals surface area (Å²) in [5, 5.41) is 12.2. The smallest absolute Gasteiger partial charge is 0.251 e. The maximum Gasteiger partial charge on any atom is 0.251 e. The van der Waals surface area contributed by atoms with Gasteiger partial charge in [-0.25, -0.2) is 0 Å². The second kappa shape index (κ2) is 9.36. The number of hydrogen-bond donors (Lipinski definition) is 2. The molecule has 0 aliphatic carbocycles. The second-order valence-electron chi connectivity index (χ2n) is 6.66. The van der Waals surface area contributed by atoms with Gasteiger partial charge in [-0.1, -0.05) is 30.3 Å². The molecule has 0 unspecified atom stereocenters. The van der Waals surface area contributed by atoms with Crippen LogP contribution >= 0.6 is 0 Å². The number of carbonyl (C=O) groups is 1. The van der Waals surface area contributed by atoms with Crippen LogP contribution in [-0.2, 0) is 16.1 Å². The molecule has 5 nitrogen and oxygen atoms in total. The minimum Gasteiger partial charge on any atom is -0.508 e. The van der Waals surface area contributed by atoms with Crippen LogP contribution in [0.1, 0.15) is 28.8 Å². The van der Waals surface area contributed by atoms with Gasteiger partial charge in [0.05, 0.1) is 25.9 Å². The van der Waals surface area contributed by atoms with Gasteiger partial charge in [-0.15, -0.1) is 0 Å². The van der Waals surface area contributed by atoms with Crippen LogP contribution in [0.15, 0.2) is 54.6 Å². The highest BCUT2D eigenvalue weighted by Gasteiger charge is 2.22. The van der Waals surface area contributed by atoms with E-state index in [1.807, 2.05) is 18.2 Å². The molecule has 3 rings (SSSR count). The molecule has 0 spiro atoms. The summed E-state index contributed by atoms with van der Waals surface area (Å²) in [5.74, 6) is 0.405. The first-order valence-corrected chi connectivity index (χ1v) is 9.01. The van der Waals surface area contributed by atoms with Crippen molar-refractivity contribution in [1.82, 2.24) is 5.32 Å². The Bertz CT molecular complexity index is 679. The van der Waals surface area contributed by atoms with E-state index in [0.29, 0.717) is 37.8 Å². The SMILES string of the molecule is O=C(NC[C@@H]1CC[C@H](COCc2ccccc2)CO1)c1ccc(O)cc1. The Morgan fingerprint density at radius 1 is 1.12 bits per heavy atom. The van der Waals surface area contributed by atoms with Crippen LogP contribution in [0.25, 0.3) is 0 Å². The number of hydrogen-bond acceptors (Lipinski definition) is 4.